The third-order valence-corrected chi connectivity index (χ3v) is 5.57. The Morgan fingerprint density at radius 3 is 1.97 bits per heavy atom. The van der Waals surface area contributed by atoms with Crippen LogP contribution in [0.25, 0.3) is 0 Å². The van der Waals surface area contributed by atoms with Gasteiger partial charge in [-0.1, -0.05) is 85.8 Å². The van der Waals surface area contributed by atoms with Gasteiger partial charge in [0.25, 0.3) is 5.91 Å². The first-order valence-corrected chi connectivity index (χ1v) is 11.4. The van der Waals surface area contributed by atoms with Crippen molar-refractivity contribution in [3.8, 4) is 5.75 Å². The molecule has 5 heteroatoms. The van der Waals surface area contributed by atoms with Gasteiger partial charge in [0.15, 0.2) is 6.61 Å². The molecule has 0 unspecified atom stereocenters. The van der Waals surface area contributed by atoms with Crippen LogP contribution in [0.1, 0.15) is 31.4 Å². The number of para-hydroxylation sites is 1. The molecular formula is C28H32N2O3. The summed E-state index contributed by atoms with van der Waals surface area (Å²) in [7, 11) is 0. The van der Waals surface area contributed by atoms with E-state index >= 15 is 0 Å². The van der Waals surface area contributed by atoms with Crippen molar-refractivity contribution in [3.05, 3.63) is 102 Å². The molecule has 5 nitrogen and oxygen atoms in total. The minimum Gasteiger partial charge on any atom is -0.484 e. The van der Waals surface area contributed by atoms with Gasteiger partial charge in [-0.15, -0.1) is 0 Å². The van der Waals surface area contributed by atoms with E-state index in [0.717, 1.165) is 17.5 Å². The van der Waals surface area contributed by atoms with Crippen molar-refractivity contribution < 1.29 is 14.3 Å². The van der Waals surface area contributed by atoms with Gasteiger partial charge < -0.3 is 15.0 Å². The second-order valence-corrected chi connectivity index (χ2v) is 8.13. The van der Waals surface area contributed by atoms with Gasteiger partial charge >= 0.3 is 0 Å². The largest absolute Gasteiger partial charge is 0.484 e. The lowest BCUT2D eigenvalue weighted by Gasteiger charge is -2.32. The second kappa shape index (κ2) is 12.4. The SMILES string of the molecule is CC[C@H](C)NC(=O)[C@@H](Cc1ccccc1)N(Cc1ccccc1)C(=O)COc1ccccc1. The Morgan fingerprint density at radius 1 is 0.848 bits per heavy atom. The zero-order valence-electron chi connectivity index (χ0n) is 19.3. The maximum absolute atomic E-state index is 13.4. The fraction of sp³-hybridized carbons (Fsp3) is 0.286. The summed E-state index contributed by atoms with van der Waals surface area (Å²) in [6, 6.07) is 28.1. The van der Waals surface area contributed by atoms with Gasteiger partial charge in [-0.3, -0.25) is 9.59 Å². The first-order chi connectivity index (χ1) is 16.1. The molecule has 0 spiro atoms. The Morgan fingerprint density at radius 2 is 1.39 bits per heavy atom. The summed E-state index contributed by atoms with van der Waals surface area (Å²) >= 11 is 0. The summed E-state index contributed by atoms with van der Waals surface area (Å²) < 4.78 is 5.75. The normalized spacial score (nSPS) is 12.4. The van der Waals surface area contributed by atoms with E-state index in [2.05, 4.69) is 5.32 Å². The van der Waals surface area contributed by atoms with Crippen molar-refractivity contribution in [1.82, 2.24) is 10.2 Å². The molecule has 33 heavy (non-hydrogen) atoms. The summed E-state index contributed by atoms with van der Waals surface area (Å²) in [6.07, 6.45) is 1.24. The van der Waals surface area contributed by atoms with Crippen molar-refractivity contribution in [2.75, 3.05) is 6.61 Å². The maximum Gasteiger partial charge on any atom is 0.261 e. The van der Waals surface area contributed by atoms with Gasteiger partial charge in [-0.05, 0) is 36.6 Å². The first-order valence-electron chi connectivity index (χ1n) is 11.4. The van der Waals surface area contributed by atoms with E-state index in [0.29, 0.717) is 18.7 Å². The number of benzene rings is 3. The van der Waals surface area contributed by atoms with Crippen molar-refractivity contribution >= 4 is 11.8 Å². The number of amides is 2. The van der Waals surface area contributed by atoms with Crippen LogP contribution in [0.2, 0.25) is 0 Å². The molecule has 0 heterocycles. The molecule has 0 aliphatic carbocycles. The molecule has 0 fully saturated rings. The monoisotopic (exact) mass is 444 g/mol. The highest BCUT2D eigenvalue weighted by Crippen LogP contribution is 2.16. The lowest BCUT2D eigenvalue weighted by atomic mass is 10.0. The number of ether oxygens (including phenoxy) is 1. The molecule has 0 radical (unpaired) electrons. The number of hydrogen-bond acceptors (Lipinski definition) is 3. The molecule has 0 saturated heterocycles. The number of rotatable bonds is 11. The predicted octanol–water partition coefficient (Wildman–Crippen LogP) is 4.62. The Hall–Kier alpha value is -3.60. The quantitative estimate of drug-likeness (QED) is 0.469. The molecule has 172 valence electrons. The molecule has 2 amide bonds. The van der Waals surface area contributed by atoms with Crippen LogP contribution in [0.4, 0.5) is 0 Å². The van der Waals surface area contributed by atoms with Crippen LogP contribution >= 0.6 is 0 Å². The topological polar surface area (TPSA) is 58.6 Å². The van der Waals surface area contributed by atoms with E-state index in [1.807, 2.05) is 105 Å². The third-order valence-electron chi connectivity index (χ3n) is 5.57. The summed E-state index contributed by atoms with van der Waals surface area (Å²) in [5.74, 6) is 0.231. The summed E-state index contributed by atoms with van der Waals surface area (Å²) in [6.45, 7) is 4.18. The van der Waals surface area contributed by atoms with E-state index in [1.165, 1.54) is 0 Å². The molecule has 3 rings (SSSR count). The highest BCUT2D eigenvalue weighted by Gasteiger charge is 2.31. The highest BCUT2D eigenvalue weighted by atomic mass is 16.5. The maximum atomic E-state index is 13.4. The van der Waals surface area contributed by atoms with E-state index < -0.39 is 6.04 Å². The lowest BCUT2D eigenvalue weighted by Crippen LogP contribution is -2.53. The van der Waals surface area contributed by atoms with Crippen LogP contribution in [0.15, 0.2) is 91.0 Å². The Labute approximate surface area is 196 Å². The number of nitrogens with one attached hydrogen (secondary N) is 1. The van der Waals surface area contributed by atoms with Crippen molar-refractivity contribution in [2.24, 2.45) is 0 Å². The van der Waals surface area contributed by atoms with Crippen LogP contribution in [-0.4, -0.2) is 35.4 Å². The van der Waals surface area contributed by atoms with Gasteiger partial charge in [0, 0.05) is 19.0 Å². The fourth-order valence-corrected chi connectivity index (χ4v) is 3.52. The molecule has 0 bridgehead atoms. The number of carbonyl (C=O) groups is 2. The van der Waals surface area contributed by atoms with Gasteiger partial charge in [-0.2, -0.15) is 0 Å². The van der Waals surface area contributed by atoms with Gasteiger partial charge in [0.1, 0.15) is 11.8 Å². The number of hydrogen-bond donors (Lipinski definition) is 1. The standard InChI is InChI=1S/C28H32N2O3/c1-3-22(2)29-28(32)26(19-23-13-7-4-8-14-23)30(20-24-15-9-5-10-16-24)27(31)21-33-25-17-11-6-12-18-25/h4-18,22,26H,3,19-21H2,1-2H3,(H,29,32)/t22-,26+/m0/s1. The molecule has 1 N–H and O–H groups in total. The molecule has 3 aromatic rings. The lowest BCUT2D eigenvalue weighted by molar-refractivity contribution is -0.143. The third kappa shape index (κ3) is 7.49. The minimum atomic E-state index is -0.659. The fourth-order valence-electron chi connectivity index (χ4n) is 3.52. The second-order valence-electron chi connectivity index (χ2n) is 8.13. The van der Waals surface area contributed by atoms with E-state index in [-0.39, 0.29) is 24.5 Å². The number of carbonyl (C=O) groups excluding carboxylic acids is 2. The molecule has 0 aliphatic heterocycles. The van der Waals surface area contributed by atoms with E-state index in [1.54, 1.807) is 4.90 Å². The average Bonchev–Trinajstić information content (AvgIpc) is 2.86. The van der Waals surface area contributed by atoms with Crippen molar-refractivity contribution in [2.45, 2.75) is 45.3 Å². The van der Waals surface area contributed by atoms with Crippen LogP contribution in [0.5, 0.6) is 5.75 Å². The summed E-state index contributed by atoms with van der Waals surface area (Å²) in [4.78, 5) is 28.5. The minimum absolute atomic E-state index is 0.0185. The van der Waals surface area contributed by atoms with Gasteiger partial charge in [0.2, 0.25) is 5.91 Å². The van der Waals surface area contributed by atoms with Crippen LogP contribution in [0.3, 0.4) is 0 Å². The van der Waals surface area contributed by atoms with Gasteiger partial charge in [0.05, 0.1) is 0 Å². The first kappa shape index (κ1) is 24.1. The van der Waals surface area contributed by atoms with Crippen LogP contribution in [0, 0.1) is 0 Å². The van der Waals surface area contributed by atoms with Crippen LogP contribution < -0.4 is 10.1 Å². The summed E-state index contributed by atoms with van der Waals surface area (Å²) in [5.41, 5.74) is 1.96. The molecule has 0 saturated carbocycles. The number of nitrogens with zero attached hydrogens (tertiary/aromatic N) is 1. The molecule has 3 aromatic carbocycles. The molecule has 2 atom stereocenters. The predicted molar refractivity (Wildman–Crippen MR) is 131 cm³/mol. The molecule has 0 aliphatic rings. The average molecular weight is 445 g/mol. The van der Waals surface area contributed by atoms with E-state index in [4.69, 9.17) is 4.74 Å². The molecular weight excluding hydrogens is 412 g/mol. The van der Waals surface area contributed by atoms with Crippen molar-refractivity contribution in [1.29, 1.82) is 0 Å². The smallest absolute Gasteiger partial charge is 0.261 e. The highest BCUT2D eigenvalue weighted by molar-refractivity contribution is 5.88. The Balaban J connectivity index is 1.88. The zero-order chi connectivity index (χ0) is 23.5. The summed E-state index contributed by atoms with van der Waals surface area (Å²) in [5, 5.41) is 3.07. The Bertz CT molecular complexity index is 993. The van der Waals surface area contributed by atoms with Gasteiger partial charge in [-0.25, -0.2) is 0 Å². The van der Waals surface area contributed by atoms with E-state index in [9.17, 15) is 9.59 Å². The van der Waals surface area contributed by atoms with Crippen LogP contribution in [-0.2, 0) is 22.6 Å². The molecule has 0 aromatic heterocycles. The zero-order valence-corrected chi connectivity index (χ0v) is 19.3. The Kier molecular flexibility index (Phi) is 9.07. The van der Waals surface area contributed by atoms with Crippen molar-refractivity contribution in [3.63, 3.8) is 0 Å².